The van der Waals surface area contributed by atoms with Crippen molar-refractivity contribution in [2.45, 2.75) is 89.1 Å². The minimum Gasteiger partial charge on any atom is -0.450 e. The van der Waals surface area contributed by atoms with Gasteiger partial charge in [-0.3, -0.25) is 4.79 Å². The summed E-state index contributed by atoms with van der Waals surface area (Å²) in [6, 6.07) is -0.180. The van der Waals surface area contributed by atoms with Gasteiger partial charge in [-0.2, -0.15) is 0 Å². The number of aliphatic hydroxyl groups excluding tert-OH is 1. The molecule has 184 valence electrons. The second kappa shape index (κ2) is 10.7. The van der Waals surface area contributed by atoms with Crippen molar-refractivity contribution in [3.8, 4) is 0 Å². The largest absolute Gasteiger partial charge is 0.450 e. The Morgan fingerprint density at radius 2 is 1.81 bits per heavy atom. The molecule has 1 saturated heterocycles. The molecule has 0 aromatic carbocycles. The Labute approximate surface area is 191 Å². The Bertz CT molecular complexity index is 776. The molecule has 0 aromatic heterocycles. The quantitative estimate of drug-likeness (QED) is 0.607. The molecule has 2 saturated carbocycles. The number of hydrogen-bond acceptors (Lipinski definition) is 6. The Balaban J connectivity index is 1.75. The monoisotopic (exact) mass is 473 g/mol. The van der Waals surface area contributed by atoms with Gasteiger partial charge in [-0.1, -0.05) is 12.8 Å². The van der Waals surface area contributed by atoms with Crippen molar-refractivity contribution in [3.63, 3.8) is 0 Å². The van der Waals surface area contributed by atoms with Gasteiger partial charge in [0, 0.05) is 26.1 Å². The predicted octanol–water partition coefficient (Wildman–Crippen LogP) is 1.70. The minimum atomic E-state index is -3.45. The average Bonchev–Trinajstić information content (AvgIpc) is 2.76. The van der Waals surface area contributed by atoms with Gasteiger partial charge in [0.1, 0.15) is 0 Å². The van der Waals surface area contributed by atoms with E-state index < -0.39 is 15.3 Å². The first-order valence-corrected chi connectivity index (χ1v) is 13.6. The van der Waals surface area contributed by atoms with Crippen LogP contribution in [0.4, 0.5) is 4.79 Å². The number of fused-ring (bicyclic) bond motifs is 1. The Hall–Kier alpha value is -1.39. The molecule has 10 heteroatoms. The summed E-state index contributed by atoms with van der Waals surface area (Å²) < 4.78 is 33.1. The number of amides is 2. The van der Waals surface area contributed by atoms with Gasteiger partial charge in [-0.05, 0) is 57.8 Å². The van der Waals surface area contributed by atoms with Gasteiger partial charge in [-0.15, -0.1) is 0 Å². The lowest BCUT2D eigenvalue weighted by atomic mass is 9.69. The Morgan fingerprint density at radius 1 is 1.09 bits per heavy atom. The maximum atomic E-state index is 12.7. The van der Waals surface area contributed by atoms with Gasteiger partial charge in [0.2, 0.25) is 15.9 Å². The number of hydrogen-bond donors (Lipinski definition) is 2. The maximum absolute atomic E-state index is 12.7. The van der Waals surface area contributed by atoms with E-state index in [1.54, 1.807) is 13.8 Å². The van der Waals surface area contributed by atoms with Gasteiger partial charge < -0.3 is 19.6 Å². The lowest BCUT2D eigenvalue weighted by Crippen LogP contribution is -2.67. The number of piperazine rings is 1. The second-order valence-corrected chi connectivity index (χ2v) is 11.6. The Kier molecular flexibility index (Phi) is 8.43. The number of sulfonamides is 1. The molecule has 3 aliphatic rings. The van der Waals surface area contributed by atoms with Crippen molar-refractivity contribution in [1.82, 2.24) is 14.5 Å². The SMILES string of the molecule is CCOC(=O)N1C[C@H](C)N(C(C)=O)C2CCC(C3CCCC(S(=O)(=O)NCCO)C3)CC21. The highest BCUT2D eigenvalue weighted by molar-refractivity contribution is 7.90. The van der Waals surface area contributed by atoms with E-state index in [0.717, 1.165) is 32.1 Å². The first-order valence-electron chi connectivity index (χ1n) is 12.0. The zero-order valence-electron chi connectivity index (χ0n) is 19.5. The molecule has 2 amide bonds. The van der Waals surface area contributed by atoms with E-state index in [2.05, 4.69) is 4.72 Å². The molecule has 0 spiro atoms. The third kappa shape index (κ3) is 5.39. The standard InChI is InChI=1S/C22H39N3O6S/c1-4-31-22(28)24-14-15(2)25(16(3)27)20-9-8-18(13-21(20)24)17-6-5-7-19(12-17)32(29,30)23-10-11-26/h15,17-21,23,26H,4-14H2,1-3H3/t15-,17?,18?,19?,20?,21?/m0/s1. The van der Waals surface area contributed by atoms with Gasteiger partial charge in [0.15, 0.2) is 0 Å². The smallest absolute Gasteiger partial charge is 0.410 e. The van der Waals surface area contributed by atoms with Crippen LogP contribution >= 0.6 is 0 Å². The van der Waals surface area contributed by atoms with Gasteiger partial charge in [0.05, 0.1) is 30.5 Å². The normalized spacial score (nSPS) is 33.5. The molecule has 6 atom stereocenters. The molecular weight excluding hydrogens is 434 g/mol. The summed E-state index contributed by atoms with van der Waals surface area (Å²) in [7, 11) is -3.45. The number of ether oxygens (including phenoxy) is 1. The molecule has 2 aliphatic carbocycles. The molecule has 0 radical (unpaired) electrons. The lowest BCUT2D eigenvalue weighted by molar-refractivity contribution is -0.142. The van der Waals surface area contributed by atoms with Gasteiger partial charge in [-0.25, -0.2) is 17.9 Å². The lowest BCUT2D eigenvalue weighted by Gasteiger charge is -2.54. The highest BCUT2D eigenvalue weighted by Gasteiger charge is 2.48. The van der Waals surface area contributed by atoms with E-state index in [-0.39, 0.29) is 49.2 Å². The molecule has 0 aromatic rings. The van der Waals surface area contributed by atoms with Crippen LogP contribution in [0.3, 0.4) is 0 Å². The first kappa shape index (κ1) is 25.2. The Morgan fingerprint density at radius 3 is 2.47 bits per heavy atom. The number of carbonyl (C=O) groups is 2. The number of carbonyl (C=O) groups excluding carboxylic acids is 2. The van der Waals surface area contributed by atoms with Crippen LogP contribution in [0.2, 0.25) is 0 Å². The van der Waals surface area contributed by atoms with E-state index in [1.165, 1.54) is 0 Å². The average molecular weight is 474 g/mol. The third-order valence-electron chi connectivity index (χ3n) is 7.57. The molecule has 1 heterocycles. The highest BCUT2D eigenvalue weighted by atomic mass is 32.2. The molecule has 3 fully saturated rings. The summed E-state index contributed by atoms with van der Waals surface area (Å²) in [5.41, 5.74) is 0. The van der Waals surface area contributed by atoms with Crippen LogP contribution in [-0.4, -0.2) is 85.0 Å². The summed E-state index contributed by atoms with van der Waals surface area (Å²) in [5.74, 6) is 0.619. The van der Waals surface area contributed by atoms with E-state index in [1.807, 2.05) is 16.7 Å². The van der Waals surface area contributed by atoms with Crippen molar-refractivity contribution in [3.05, 3.63) is 0 Å². The van der Waals surface area contributed by atoms with E-state index in [4.69, 9.17) is 9.84 Å². The minimum absolute atomic E-state index is 0.0220. The van der Waals surface area contributed by atoms with E-state index in [9.17, 15) is 18.0 Å². The fourth-order valence-corrected chi connectivity index (χ4v) is 7.83. The summed E-state index contributed by atoms with van der Waals surface area (Å²) in [5, 5.41) is 8.55. The highest BCUT2D eigenvalue weighted by Crippen LogP contribution is 2.43. The zero-order chi connectivity index (χ0) is 23.5. The van der Waals surface area contributed by atoms with Crippen LogP contribution in [0.5, 0.6) is 0 Å². The molecule has 0 bridgehead atoms. The van der Waals surface area contributed by atoms with Crippen molar-refractivity contribution in [2.24, 2.45) is 11.8 Å². The van der Waals surface area contributed by atoms with Crippen LogP contribution in [0, 0.1) is 11.8 Å². The number of nitrogens with one attached hydrogen (secondary N) is 1. The van der Waals surface area contributed by atoms with Gasteiger partial charge >= 0.3 is 6.09 Å². The van der Waals surface area contributed by atoms with Crippen molar-refractivity contribution < 1.29 is 27.9 Å². The molecular formula is C22H39N3O6S. The van der Waals surface area contributed by atoms with Gasteiger partial charge in [0.25, 0.3) is 0 Å². The van der Waals surface area contributed by atoms with Crippen LogP contribution in [0.1, 0.15) is 65.7 Å². The molecule has 32 heavy (non-hydrogen) atoms. The number of aliphatic hydroxyl groups is 1. The first-order chi connectivity index (χ1) is 15.2. The van der Waals surface area contributed by atoms with Crippen molar-refractivity contribution in [1.29, 1.82) is 0 Å². The van der Waals surface area contributed by atoms with Crippen molar-refractivity contribution >= 4 is 22.0 Å². The summed E-state index contributed by atoms with van der Waals surface area (Å²) in [6.45, 7) is 5.96. The molecule has 1 aliphatic heterocycles. The van der Waals surface area contributed by atoms with Crippen LogP contribution in [0.15, 0.2) is 0 Å². The maximum Gasteiger partial charge on any atom is 0.410 e. The molecule has 9 nitrogen and oxygen atoms in total. The topological polar surface area (TPSA) is 116 Å². The van der Waals surface area contributed by atoms with Crippen LogP contribution in [-0.2, 0) is 19.6 Å². The second-order valence-electron chi connectivity index (χ2n) is 9.55. The van der Waals surface area contributed by atoms with E-state index >= 15 is 0 Å². The van der Waals surface area contributed by atoms with Crippen molar-refractivity contribution in [2.75, 3.05) is 26.3 Å². The number of nitrogens with zero attached hydrogens (tertiary/aromatic N) is 2. The summed E-state index contributed by atoms with van der Waals surface area (Å²) >= 11 is 0. The zero-order valence-corrected chi connectivity index (χ0v) is 20.3. The van der Waals surface area contributed by atoms with Crippen LogP contribution < -0.4 is 4.72 Å². The predicted molar refractivity (Wildman–Crippen MR) is 120 cm³/mol. The summed E-state index contributed by atoms with van der Waals surface area (Å²) in [4.78, 5) is 28.9. The van der Waals surface area contributed by atoms with Crippen LogP contribution in [0.25, 0.3) is 0 Å². The fourth-order valence-electron chi connectivity index (χ4n) is 6.24. The molecule has 2 N–H and O–H groups in total. The molecule has 5 unspecified atom stereocenters. The fraction of sp³-hybridized carbons (Fsp3) is 0.909. The third-order valence-corrected chi connectivity index (χ3v) is 9.48. The van der Waals surface area contributed by atoms with E-state index in [0.29, 0.717) is 31.9 Å². The number of rotatable bonds is 6. The molecule has 3 rings (SSSR count). The summed E-state index contributed by atoms with van der Waals surface area (Å²) in [6.07, 6.45) is 5.27.